The van der Waals surface area contributed by atoms with Gasteiger partial charge in [0.05, 0.1) is 36.5 Å². The number of nitrogens with one attached hydrogen (secondary N) is 1. The predicted octanol–water partition coefficient (Wildman–Crippen LogP) is 6.34. The van der Waals surface area contributed by atoms with Crippen LogP contribution in [0.3, 0.4) is 0 Å². The summed E-state index contributed by atoms with van der Waals surface area (Å²) in [6.07, 6.45) is -6.11. The highest BCUT2D eigenvalue weighted by atomic mass is 19.1. The SMILES string of the molecule is CC(C)c1c(C(=O)Nc2ccccc2)c(-c2ccccc2)c(-c2ccc(F)cc2)n1CC[C@@H](O)C[C@@H](O)CC(=O)OCCC(O[N+](=O)[O-])C(C)O[N+](=O)[O-]. The van der Waals surface area contributed by atoms with Crippen LogP contribution in [0, 0.1) is 26.0 Å². The van der Waals surface area contributed by atoms with E-state index in [1.807, 2.05) is 66.9 Å². The van der Waals surface area contributed by atoms with E-state index in [4.69, 9.17) is 4.74 Å². The van der Waals surface area contributed by atoms with E-state index in [0.717, 1.165) is 5.56 Å². The molecule has 2 unspecified atom stereocenters. The van der Waals surface area contributed by atoms with Crippen molar-refractivity contribution in [1.29, 1.82) is 0 Å². The summed E-state index contributed by atoms with van der Waals surface area (Å²) >= 11 is 0. The number of carbonyl (C=O) groups excluding carboxylic acids is 2. The molecule has 0 bridgehead atoms. The summed E-state index contributed by atoms with van der Waals surface area (Å²) in [7, 11) is 0. The zero-order chi connectivity index (χ0) is 39.4. The highest BCUT2D eigenvalue weighted by molar-refractivity contribution is 6.12. The Bertz CT molecular complexity index is 1870. The van der Waals surface area contributed by atoms with E-state index in [1.165, 1.54) is 19.1 Å². The molecule has 0 saturated heterocycles. The van der Waals surface area contributed by atoms with Gasteiger partial charge in [-0.1, -0.05) is 62.4 Å². The van der Waals surface area contributed by atoms with Crippen molar-refractivity contribution in [1.82, 2.24) is 4.57 Å². The molecule has 15 nitrogen and oxygen atoms in total. The second-order valence-electron chi connectivity index (χ2n) is 12.9. The first kappa shape index (κ1) is 40.9. The molecule has 1 aromatic heterocycles. The van der Waals surface area contributed by atoms with E-state index < -0.39 is 59.4 Å². The first-order valence-corrected chi connectivity index (χ1v) is 17.3. The van der Waals surface area contributed by atoms with Gasteiger partial charge in [-0.05, 0) is 73.2 Å². The van der Waals surface area contributed by atoms with E-state index in [-0.39, 0.29) is 37.6 Å². The number of amides is 1. The number of hydrogen-bond donors (Lipinski definition) is 3. The van der Waals surface area contributed by atoms with Crippen molar-refractivity contribution in [2.45, 2.75) is 83.3 Å². The summed E-state index contributed by atoms with van der Waals surface area (Å²) in [4.78, 5) is 56.8. The van der Waals surface area contributed by atoms with Gasteiger partial charge >= 0.3 is 5.97 Å². The molecule has 4 aromatic rings. The number of carbonyl (C=O) groups is 2. The Kier molecular flexibility index (Phi) is 14.6. The number of halogens is 1. The smallest absolute Gasteiger partial charge is 0.308 e. The highest BCUT2D eigenvalue weighted by Crippen LogP contribution is 2.42. The lowest BCUT2D eigenvalue weighted by Gasteiger charge is -2.21. The van der Waals surface area contributed by atoms with Crippen LogP contribution in [0.1, 0.15) is 68.4 Å². The van der Waals surface area contributed by atoms with Crippen LogP contribution in [0.2, 0.25) is 0 Å². The third-order valence-electron chi connectivity index (χ3n) is 8.58. The minimum absolute atomic E-state index is 0.0942. The zero-order valence-electron chi connectivity index (χ0n) is 30.0. The molecule has 0 aliphatic heterocycles. The number of para-hydroxylation sites is 1. The lowest BCUT2D eigenvalue weighted by Crippen LogP contribution is -2.34. The van der Waals surface area contributed by atoms with Crippen molar-refractivity contribution in [3.63, 3.8) is 0 Å². The van der Waals surface area contributed by atoms with Crippen LogP contribution in [0.15, 0.2) is 84.9 Å². The number of ether oxygens (including phenoxy) is 1. The maximum Gasteiger partial charge on any atom is 0.308 e. The maximum atomic E-state index is 14.2. The average molecular weight is 751 g/mol. The van der Waals surface area contributed by atoms with Crippen LogP contribution in [0.5, 0.6) is 0 Å². The summed E-state index contributed by atoms with van der Waals surface area (Å²) in [5.74, 6) is -1.85. The van der Waals surface area contributed by atoms with Gasteiger partial charge in [0, 0.05) is 29.9 Å². The number of benzene rings is 3. The molecular formula is C38H43FN4O11. The summed E-state index contributed by atoms with van der Waals surface area (Å²) in [6, 6.07) is 24.3. The Balaban J connectivity index is 1.56. The number of rotatable bonds is 20. The number of aliphatic hydroxyl groups excluding tert-OH is 2. The van der Waals surface area contributed by atoms with Crippen molar-refractivity contribution in [2.75, 3.05) is 11.9 Å². The number of hydrogen-bond acceptors (Lipinski definition) is 11. The Morgan fingerprint density at radius 3 is 2.04 bits per heavy atom. The van der Waals surface area contributed by atoms with Gasteiger partial charge in [-0.2, -0.15) is 0 Å². The van der Waals surface area contributed by atoms with E-state index in [1.54, 1.807) is 24.3 Å². The lowest BCUT2D eigenvalue weighted by atomic mass is 9.94. The molecule has 0 aliphatic carbocycles. The Morgan fingerprint density at radius 1 is 0.833 bits per heavy atom. The fourth-order valence-electron chi connectivity index (χ4n) is 6.23. The minimum Gasteiger partial charge on any atom is -0.466 e. The second kappa shape index (κ2) is 19.3. The van der Waals surface area contributed by atoms with Gasteiger partial charge < -0.3 is 34.5 Å². The van der Waals surface area contributed by atoms with E-state index in [0.29, 0.717) is 33.8 Å². The van der Waals surface area contributed by atoms with Gasteiger partial charge in [0.1, 0.15) is 18.0 Å². The molecule has 0 saturated carbocycles. The summed E-state index contributed by atoms with van der Waals surface area (Å²) < 4.78 is 21.2. The molecule has 288 valence electrons. The predicted molar refractivity (Wildman–Crippen MR) is 195 cm³/mol. The van der Waals surface area contributed by atoms with Crippen LogP contribution in [0.25, 0.3) is 22.4 Å². The number of aromatic nitrogens is 1. The van der Waals surface area contributed by atoms with E-state index in [9.17, 15) is 44.4 Å². The molecule has 0 spiro atoms. The molecule has 0 radical (unpaired) electrons. The molecule has 1 heterocycles. The molecule has 0 fully saturated rings. The number of anilines is 1. The average Bonchev–Trinajstić information content (AvgIpc) is 3.46. The van der Waals surface area contributed by atoms with Crippen LogP contribution >= 0.6 is 0 Å². The van der Waals surface area contributed by atoms with Gasteiger partial charge in [0.2, 0.25) is 0 Å². The van der Waals surface area contributed by atoms with Crippen molar-refractivity contribution >= 4 is 17.6 Å². The highest BCUT2D eigenvalue weighted by Gasteiger charge is 2.31. The van der Waals surface area contributed by atoms with Crippen molar-refractivity contribution in [3.05, 3.63) is 122 Å². The molecule has 4 atom stereocenters. The van der Waals surface area contributed by atoms with Crippen LogP contribution in [-0.4, -0.2) is 67.9 Å². The molecule has 3 aromatic carbocycles. The Hall–Kier alpha value is -5.87. The van der Waals surface area contributed by atoms with Crippen molar-refractivity contribution in [2.24, 2.45) is 0 Å². The quantitative estimate of drug-likeness (QED) is 0.0517. The van der Waals surface area contributed by atoms with Gasteiger partial charge in [0.25, 0.3) is 16.1 Å². The largest absolute Gasteiger partial charge is 0.466 e. The summed E-state index contributed by atoms with van der Waals surface area (Å²) in [5, 5.41) is 43.9. The third kappa shape index (κ3) is 11.3. The van der Waals surface area contributed by atoms with Gasteiger partial charge in [-0.15, -0.1) is 20.2 Å². The van der Waals surface area contributed by atoms with Crippen LogP contribution < -0.4 is 5.32 Å². The number of nitrogens with zero attached hydrogens (tertiary/aromatic N) is 3. The Labute approximate surface area is 310 Å². The molecule has 4 rings (SSSR count). The monoisotopic (exact) mass is 750 g/mol. The molecular weight excluding hydrogens is 707 g/mol. The van der Waals surface area contributed by atoms with Gasteiger partial charge in [-0.3, -0.25) is 9.59 Å². The first-order valence-electron chi connectivity index (χ1n) is 17.3. The molecule has 1 amide bonds. The molecule has 16 heteroatoms. The van der Waals surface area contributed by atoms with Gasteiger partial charge in [0.15, 0.2) is 0 Å². The van der Waals surface area contributed by atoms with Crippen molar-refractivity contribution in [3.8, 4) is 22.4 Å². The topological polar surface area (TPSA) is 206 Å². The third-order valence-corrected chi connectivity index (χ3v) is 8.58. The summed E-state index contributed by atoms with van der Waals surface area (Å²) in [5.41, 5.74) is 4.34. The van der Waals surface area contributed by atoms with Crippen LogP contribution in [0.4, 0.5) is 10.1 Å². The molecule has 3 N–H and O–H groups in total. The lowest BCUT2D eigenvalue weighted by molar-refractivity contribution is -0.798. The molecule has 54 heavy (non-hydrogen) atoms. The van der Waals surface area contributed by atoms with Crippen molar-refractivity contribution < 1.29 is 48.8 Å². The fraction of sp³-hybridized carbons (Fsp3) is 0.368. The minimum atomic E-state index is -1.40. The number of esters is 1. The van der Waals surface area contributed by atoms with E-state index in [2.05, 4.69) is 15.0 Å². The fourth-order valence-corrected chi connectivity index (χ4v) is 6.23. The van der Waals surface area contributed by atoms with Gasteiger partial charge in [-0.25, -0.2) is 4.39 Å². The maximum absolute atomic E-state index is 14.2. The zero-order valence-corrected chi connectivity index (χ0v) is 30.0. The van der Waals surface area contributed by atoms with E-state index >= 15 is 0 Å². The summed E-state index contributed by atoms with van der Waals surface area (Å²) in [6.45, 7) is 4.84. The first-order chi connectivity index (χ1) is 25.7. The Morgan fingerprint density at radius 2 is 1.44 bits per heavy atom. The standard InChI is InChI=1S/C38H43FN4O11/c1-24(2)36-35(38(47)40-29-12-8-5-9-13-29)34(26-10-6-4-7-11-26)37(27-14-16-28(39)17-15-27)41(36)20-18-30(44)22-31(45)23-33(46)52-21-19-32(54-43(50)51)25(3)53-42(48)49/h4-17,24-25,30-32,44-45H,18-23H2,1-3H3,(H,40,47)/t25?,30-,31-,32?/m1/s1. The molecule has 0 aliphatic rings. The second-order valence-corrected chi connectivity index (χ2v) is 12.9. The normalized spacial score (nSPS) is 13.4. The number of aliphatic hydroxyl groups is 2. The van der Waals surface area contributed by atoms with Crippen LogP contribution in [-0.2, 0) is 25.8 Å².